The van der Waals surface area contributed by atoms with E-state index >= 15 is 0 Å². The molecule has 40 valence electrons. The van der Waals surface area contributed by atoms with Gasteiger partial charge in [0.15, 0.2) is 5.78 Å². The Morgan fingerprint density at radius 1 is 1.71 bits per heavy atom. The molecule has 0 unspecified atom stereocenters. The normalized spacial score (nSPS) is 8.14. The quantitative estimate of drug-likeness (QED) is 0.376. The number of carbonyl (C=O) groups is 2. The van der Waals surface area contributed by atoms with E-state index < -0.39 is 12.5 Å². The van der Waals surface area contributed by atoms with Crippen LogP contribution >= 0.6 is 0 Å². The van der Waals surface area contributed by atoms with Gasteiger partial charge in [0.05, 0.1) is 6.42 Å². The molecule has 0 aromatic heterocycles. The Labute approximate surface area is 40.3 Å². The SMILES string of the molecule is O=CCC(=O)CF. The predicted octanol–water partition coefficient (Wildman–Crippen LogP) is 0.114. The second kappa shape index (κ2) is 3.46. The summed E-state index contributed by atoms with van der Waals surface area (Å²) < 4.78 is 11.1. The van der Waals surface area contributed by atoms with Gasteiger partial charge in [0.2, 0.25) is 0 Å². The summed E-state index contributed by atoms with van der Waals surface area (Å²) >= 11 is 0. The van der Waals surface area contributed by atoms with Crippen LogP contribution < -0.4 is 0 Å². The van der Waals surface area contributed by atoms with Crippen LogP contribution in [0.5, 0.6) is 0 Å². The summed E-state index contributed by atoms with van der Waals surface area (Å²) in [6.45, 7) is -1.03. The first-order chi connectivity index (χ1) is 3.31. The third kappa shape index (κ3) is 3.09. The van der Waals surface area contributed by atoms with Gasteiger partial charge in [-0.15, -0.1) is 0 Å². The Kier molecular flexibility index (Phi) is 3.10. The zero-order chi connectivity index (χ0) is 5.70. The fourth-order valence-electron chi connectivity index (χ4n) is 0.148. The molecule has 0 rings (SSSR count). The lowest BCUT2D eigenvalue weighted by Crippen LogP contribution is -1.98. The van der Waals surface area contributed by atoms with E-state index in [0.29, 0.717) is 6.29 Å². The molecule has 0 saturated heterocycles. The largest absolute Gasteiger partial charge is 0.303 e. The van der Waals surface area contributed by atoms with Crippen molar-refractivity contribution in [1.29, 1.82) is 0 Å². The number of ketones is 1. The summed E-state index contributed by atoms with van der Waals surface area (Å²) in [7, 11) is 0. The molecule has 0 amide bonds. The number of aldehydes is 1. The molecule has 0 N–H and O–H groups in total. The van der Waals surface area contributed by atoms with Crippen LogP contribution in [0.3, 0.4) is 0 Å². The van der Waals surface area contributed by atoms with Crippen molar-refractivity contribution in [1.82, 2.24) is 0 Å². The van der Waals surface area contributed by atoms with Crippen LogP contribution in [0.2, 0.25) is 0 Å². The van der Waals surface area contributed by atoms with Crippen LogP contribution in [0.1, 0.15) is 6.42 Å². The molecule has 0 aliphatic carbocycles. The molecular weight excluding hydrogens is 99.0 g/mol. The summed E-state index contributed by atoms with van der Waals surface area (Å²) in [5.74, 6) is -0.657. The molecule has 0 atom stereocenters. The highest BCUT2D eigenvalue weighted by atomic mass is 19.1. The monoisotopic (exact) mass is 104 g/mol. The van der Waals surface area contributed by atoms with Gasteiger partial charge < -0.3 is 4.79 Å². The molecule has 0 fully saturated rings. The van der Waals surface area contributed by atoms with Crippen LogP contribution in [-0.2, 0) is 9.59 Å². The number of Topliss-reactive ketones (excluding diaryl/α,β-unsaturated/α-hetero) is 1. The summed E-state index contributed by atoms with van der Waals surface area (Å²) in [5.41, 5.74) is 0. The highest BCUT2D eigenvalue weighted by molar-refractivity contribution is 5.90. The van der Waals surface area contributed by atoms with Gasteiger partial charge in [-0.1, -0.05) is 0 Å². The van der Waals surface area contributed by atoms with Crippen molar-refractivity contribution in [2.24, 2.45) is 0 Å². The van der Waals surface area contributed by atoms with E-state index in [1.807, 2.05) is 0 Å². The molecule has 0 saturated carbocycles. The van der Waals surface area contributed by atoms with E-state index in [1.54, 1.807) is 0 Å². The minimum atomic E-state index is -1.03. The molecule has 0 heterocycles. The van der Waals surface area contributed by atoms with Gasteiger partial charge in [-0.3, -0.25) is 4.79 Å². The highest BCUT2D eigenvalue weighted by Crippen LogP contribution is 1.76. The van der Waals surface area contributed by atoms with Crippen molar-refractivity contribution in [3.05, 3.63) is 0 Å². The minimum absolute atomic E-state index is 0.295. The number of hydrogen-bond donors (Lipinski definition) is 0. The lowest BCUT2D eigenvalue weighted by atomic mass is 10.3. The maximum absolute atomic E-state index is 11.1. The van der Waals surface area contributed by atoms with Crippen molar-refractivity contribution in [3.8, 4) is 0 Å². The van der Waals surface area contributed by atoms with Gasteiger partial charge in [0.1, 0.15) is 13.0 Å². The smallest absolute Gasteiger partial charge is 0.170 e. The second-order valence-electron chi connectivity index (χ2n) is 1.04. The molecule has 0 radical (unpaired) electrons. The van der Waals surface area contributed by atoms with Crippen LogP contribution in [0.4, 0.5) is 4.39 Å². The molecule has 0 bridgehead atoms. The molecule has 3 heteroatoms. The van der Waals surface area contributed by atoms with Gasteiger partial charge in [-0.25, -0.2) is 4.39 Å². The third-order valence-corrected chi connectivity index (χ3v) is 0.460. The van der Waals surface area contributed by atoms with E-state index in [0.717, 1.165) is 0 Å². The third-order valence-electron chi connectivity index (χ3n) is 0.460. The van der Waals surface area contributed by atoms with Crippen molar-refractivity contribution >= 4 is 12.1 Å². The number of alkyl halides is 1. The number of hydrogen-bond acceptors (Lipinski definition) is 2. The summed E-state index contributed by atoms with van der Waals surface area (Å²) in [6, 6.07) is 0. The Morgan fingerprint density at radius 2 is 2.29 bits per heavy atom. The predicted molar refractivity (Wildman–Crippen MR) is 21.7 cm³/mol. The standard InChI is InChI=1S/C4H5FO2/c5-3-4(7)1-2-6/h2H,1,3H2. The van der Waals surface area contributed by atoms with Gasteiger partial charge in [0, 0.05) is 0 Å². The highest BCUT2D eigenvalue weighted by Gasteiger charge is 1.94. The molecule has 0 aromatic carbocycles. The Bertz CT molecular complexity index is 79.8. The van der Waals surface area contributed by atoms with Gasteiger partial charge in [-0.05, 0) is 0 Å². The lowest BCUT2D eigenvalue weighted by Gasteiger charge is -1.78. The second-order valence-corrected chi connectivity index (χ2v) is 1.04. The molecule has 2 nitrogen and oxygen atoms in total. The van der Waals surface area contributed by atoms with Crippen LogP contribution in [-0.4, -0.2) is 18.7 Å². The maximum atomic E-state index is 11.1. The number of halogens is 1. The Balaban J connectivity index is 3.17. The fraction of sp³-hybridized carbons (Fsp3) is 0.500. The van der Waals surface area contributed by atoms with Gasteiger partial charge in [-0.2, -0.15) is 0 Å². The van der Waals surface area contributed by atoms with Crippen LogP contribution in [0.25, 0.3) is 0 Å². The van der Waals surface area contributed by atoms with Crippen molar-refractivity contribution in [2.45, 2.75) is 6.42 Å². The van der Waals surface area contributed by atoms with Crippen molar-refractivity contribution < 1.29 is 14.0 Å². The molecule has 0 spiro atoms. The first-order valence-electron chi connectivity index (χ1n) is 1.82. The summed E-state index contributed by atoms with van der Waals surface area (Å²) in [5, 5.41) is 0. The van der Waals surface area contributed by atoms with Crippen molar-refractivity contribution in [3.63, 3.8) is 0 Å². The zero-order valence-corrected chi connectivity index (χ0v) is 3.69. The molecule has 0 aromatic rings. The molecule has 0 aliphatic heterocycles. The summed E-state index contributed by atoms with van der Waals surface area (Å²) in [4.78, 5) is 19.2. The van der Waals surface area contributed by atoms with Crippen LogP contribution in [0, 0.1) is 0 Å². The van der Waals surface area contributed by atoms with Gasteiger partial charge in [0.25, 0.3) is 0 Å². The topological polar surface area (TPSA) is 34.1 Å². The molecule has 0 aliphatic rings. The fourth-order valence-corrected chi connectivity index (χ4v) is 0.148. The number of carbonyl (C=O) groups excluding carboxylic acids is 2. The average molecular weight is 104 g/mol. The molecular formula is C4H5FO2. The van der Waals surface area contributed by atoms with Crippen LogP contribution in [0.15, 0.2) is 0 Å². The van der Waals surface area contributed by atoms with E-state index in [-0.39, 0.29) is 6.42 Å². The first kappa shape index (κ1) is 6.27. The Morgan fingerprint density at radius 3 is 2.43 bits per heavy atom. The Hall–Kier alpha value is -0.730. The zero-order valence-electron chi connectivity index (χ0n) is 3.69. The van der Waals surface area contributed by atoms with E-state index in [1.165, 1.54) is 0 Å². The number of rotatable bonds is 3. The minimum Gasteiger partial charge on any atom is -0.303 e. The molecule has 7 heavy (non-hydrogen) atoms. The van der Waals surface area contributed by atoms with E-state index in [9.17, 15) is 14.0 Å². The summed E-state index contributed by atoms with van der Waals surface area (Å²) in [6.07, 6.45) is 0.0956. The lowest BCUT2D eigenvalue weighted by molar-refractivity contribution is -0.122. The average Bonchev–Trinajstić information content (AvgIpc) is 1.68. The van der Waals surface area contributed by atoms with Crippen molar-refractivity contribution in [2.75, 3.05) is 6.67 Å². The van der Waals surface area contributed by atoms with Gasteiger partial charge >= 0.3 is 0 Å². The van der Waals surface area contributed by atoms with E-state index in [4.69, 9.17) is 0 Å². The first-order valence-corrected chi connectivity index (χ1v) is 1.82. The van der Waals surface area contributed by atoms with E-state index in [2.05, 4.69) is 0 Å². The maximum Gasteiger partial charge on any atom is 0.170 e.